The van der Waals surface area contributed by atoms with E-state index < -0.39 is 0 Å². The fourth-order valence-corrected chi connectivity index (χ4v) is 2.72. The summed E-state index contributed by atoms with van der Waals surface area (Å²) >= 11 is 0. The zero-order chi connectivity index (χ0) is 16.5. The van der Waals surface area contributed by atoms with E-state index in [-0.39, 0.29) is 5.82 Å². The zero-order valence-corrected chi connectivity index (χ0v) is 13.1. The fourth-order valence-electron chi connectivity index (χ4n) is 2.72. The first-order chi connectivity index (χ1) is 11.7. The van der Waals surface area contributed by atoms with Crippen LogP contribution in [0.15, 0.2) is 67.0 Å². The van der Waals surface area contributed by atoms with Crippen molar-refractivity contribution in [1.82, 2.24) is 14.4 Å². The van der Waals surface area contributed by atoms with Gasteiger partial charge in [-0.2, -0.15) is 0 Å². The lowest BCUT2D eigenvalue weighted by Gasteiger charge is -2.09. The lowest BCUT2D eigenvalue weighted by molar-refractivity contribution is 0.628. The molecular formula is C19H15FN4. The Balaban J connectivity index is 1.93. The Labute approximate surface area is 138 Å². The summed E-state index contributed by atoms with van der Waals surface area (Å²) in [6, 6.07) is 16.3. The van der Waals surface area contributed by atoms with Gasteiger partial charge in [0, 0.05) is 23.6 Å². The highest BCUT2D eigenvalue weighted by Gasteiger charge is 2.16. The first-order valence-electron chi connectivity index (χ1n) is 7.64. The molecule has 0 saturated heterocycles. The highest BCUT2D eigenvalue weighted by Crippen LogP contribution is 2.31. The van der Waals surface area contributed by atoms with Crippen LogP contribution in [0.2, 0.25) is 0 Å². The van der Waals surface area contributed by atoms with Crippen molar-refractivity contribution in [3.63, 3.8) is 0 Å². The molecule has 0 amide bonds. The van der Waals surface area contributed by atoms with E-state index in [1.807, 2.05) is 53.9 Å². The van der Waals surface area contributed by atoms with E-state index in [0.29, 0.717) is 5.69 Å². The summed E-state index contributed by atoms with van der Waals surface area (Å²) in [5, 5.41) is 3.29. The van der Waals surface area contributed by atoms with E-state index in [2.05, 4.69) is 10.3 Å². The van der Waals surface area contributed by atoms with Crippen LogP contribution in [-0.4, -0.2) is 14.4 Å². The van der Waals surface area contributed by atoms with E-state index in [4.69, 9.17) is 4.98 Å². The number of hydrogen-bond donors (Lipinski definition) is 1. The third kappa shape index (κ3) is 2.50. The number of nitrogens with zero attached hydrogens (tertiary/aromatic N) is 3. The summed E-state index contributed by atoms with van der Waals surface area (Å²) in [4.78, 5) is 9.05. The van der Waals surface area contributed by atoms with Crippen LogP contribution in [0.3, 0.4) is 0 Å². The Morgan fingerprint density at radius 3 is 2.67 bits per heavy atom. The second-order valence-electron chi connectivity index (χ2n) is 5.52. The van der Waals surface area contributed by atoms with Gasteiger partial charge >= 0.3 is 0 Å². The van der Waals surface area contributed by atoms with Crippen molar-refractivity contribution in [3.05, 3.63) is 78.5 Å². The Morgan fingerprint density at radius 2 is 1.88 bits per heavy atom. The van der Waals surface area contributed by atoms with Crippen LogP contribution in [0.4, 0.5) is 15.9 Å². The van der Waals surface area contributed by atoms with E-state index in [0.717, 1.165) is 28.4 Å². The second kappa shape index (κ2) is 5.77. The summed E-state index contributed by atoms with van der Waals surface area (Å²) in [5.41, 5.74) is 4.07. The third-order valence-corrected chi connectivity index (χ3v) is 3.85. The maximum Gasteiger partial charge on any atom is 0.160 e. The van der Waals surface area contributed by atoms with Crippen molar-refractivity contribution in [1.29, 1.82) is 0 Å². The molecule has 2 heterocycles. The Kier molecular flexibility index (Phi) is 3.46. The number of halogens is 1. The number of imidazole rings is 1. The molecule has 1 N–H and O–H groups in total. The Hall–Kier alpha value is -3.21. The molecule has 0 aliphatic carbocycles. The lowest BCUT2D eigenvalue weighted by atomic mass is 10.1. The van der Waals surface area contributed by atoms with Crippen LogP contribution in [0.5, 0.6) is 0 Å². The monoisotopic (exact) mass is 318 g/mol. The first kappa shape index (κ1) is 14.4. The van der Waals surface area contributed by atoms with Gasteiger partial charge in [0.15, 0.2) is 5.65 Å². The van der Waals surface area contributed by atoms with Gasteiger partial charge in [0.1, 0.15) is 17.3 Å². The average Bonchev–Trinajstić information content (AvgIpc) is 2.96. The van der Waals surface area contributed by atoms with Gasteiger partial charge in [-0.15, -0.1) is 0 Å². The normalized spacial score (nSPS) is 10.9. The summed E-state index contributed by atoms with van der Waals surface area (Å²) in [6.45, 7) is 1.92. The van der Waals surface area contributed by atoms with Gasteiger partial charge in [-0.05, 0) is 25.1 Å². The largest absolute Gasteiger partial charge is 0.339 e. The molecule has 4 nitrogen and oxygen atoms in total. The predicted octanol–water partition coefficient (Wildman–Crippen LogP) is 4.59. The molecule has 4 aromatic rings. The van der Waals surface area contributed by atoms with Gasteiger partial charge in [-0.25, -0.2) is 9.37 Å². The Bertz CT molecular complexity index is 1010. The summed E-state index contributed by atoms with van der Waals surface area (Å²) in [7, 11) is 0. The van der Waals surface area contributed by atoms with Gasteiger partial charge in [0.05, 0.1) is 5.69 Å². The standard InChI is InChI=1S/C19H15FN4/c1-13-18-23-17(14-6-3-2-4-7-14)19(24(18)11-10-21-13)22-16-9-5-8-15(20)12-16/h2-12,22H,1H3. The van der Waals surface area contributed by atoms with Crippen molar-refractivity contribution in [2.75, 3.05) is 5.32 Å². The molecule has 0 atom stereocenters. The quantitative estimate of drug-likeness (QED) is 0.601. The van der Waals surface area contributed by atoms with Gasteiger partial charge in [-0.3, -0.25) is 9.38 Å². The molecular weight excluding hydrogens is 303 g/mol. The fraction of sp³-hybridized carbons (Fsp3) is 0.0526. The van der Waals surface area contributed by atoms with E-state index >= 15 is 0 Å². The van der Waals surface area contributed by atoms with Crippen molar-refractivity contribution >= 4 is 17.2 Å². The summed E-state index contributed by atoms with van der Waals surface area (Å²) in [5.74, 6) is 0.500. The number of rotatable bonds is 3. The number of fused-ring (bicyclic) bond motifs is 1. The van der Waals surface area contributed by atoms with Gasteiger partial charge in [0.25, 0.3) is 0 Å². The van der Waals surface area contributed by atoms with Crippen LogP contribution >= 0.6 is 0 Å². The van der Waals surface area contributed by atoms with Gasteiger partial charge in [0.2, 0.25) is 0 Å². The number of benzene rings is 2. The molecule has 0 fully saturated rings. The highest BCUT2D eigenvalue weighted by atomic mass is 19.1. The molecule has 0 bridgehead atoms. The van der Waals surface area contributed by atoms with Crippen LogP contribution in [0, 0.1) is 12.7 Å². The molecule has 0 radical (unpaired) electrons. The summed E-state index contributed by atoms with van der Waals surface area (Å²) < 4.78 is 15.5. The number of aryl methyl sites for hydroxylation is 1. The molecule has 2 aromatic heterocycles. The van der Waals surface area contributed by atoms with Crippen LogP contribution in [-0.2, 0) is 0 Å². The van der Waals surface area contributed by atoms with Crippen molar-refractivity contribution < 1.29 is 4.39 Å². The topological polar surface area (TPSA) is 42.2 Å². The SMILES string of the molecule is Cc1nccn2c(Nc3cccc(F)c3)c(-c3ccccc3)nc12. The number of hydrogen-bond acceptors (Lipinski definition) is 3. The number of anilines is 2. The van der Waals surface area contributed by atoms with Crippen LogP contribution < -0.4 is 5.32 Å². The minimum absolute atomic E-state index is 0.284. The first-order valence-corrected chi connectivity index (χ1v) is 7.64. The minimum atomic E-state index is -0.284. The predicted molar refractivity (Wildman–Crippen MR) is 92.8 cm³/mol. The molecule has 0 spiro atoms. The summed E-state index contributed by atoms with van der Waals surface area (Å²) in [6.07, 6.45) is 3.58. The molecule has 24 heavy (non-hydrogen) atoms. The average molecular weight is 318 g/mol. The molecule has 5 heteroatoms. The number of aromatic nitrogens is 3. The highest BCUT2D eigenvalue weighted by molar-refractivity contribution is 5.80. The molecule has 0 saturated carbocycles. The molecule has 118 valence electrons. The Morgan fingerprint density at radius 1 is 1.04 bits per heavy atom. The lowest BCUT2D eigenvalue weighted by Crippen LogP contribution is -1.98. The van der Waals surface area contributed by atoms with Crippen LogP contribution in [0.1, 0.15) is 5.69 Å². The molecule has 2 aromatic carbocycles. The van der Waals surface area contributed by atoms with E-state index in [9.17, 15) is 4.39 Å². The maximum absolute atomic E-state index is 13.5. The zero-order valence-electron chi connectivity index (χ0n) is 13.1. The second-order valence-corrected chi connectivity index (χ2v) is 5.52. The van der Waals surface area contributed by atoms with Crippen molar-refractivity contribution in [2.45, 2.75) is 6.92 Å². The molecule has 4 rings (SSSR count). The minimum Gasteiger partial charge on any atom is -0.339 e. The van der Waals surface area contributed by atoms with E-state index in [1.54, 1.807) is 12.3 Å². The van der Waals surface area contributed by atoms with Gasteiger partial charge in [-0.1, -0.05) is 36.4 Å². The third-order valence-electron chi connectivity index (χ3n) is 3.85. The molecule has 0 aliphatic rings. The van der Waals surface area contributed by atoms with Crippen molar-refractivity contribution in [2.24, 2.45) is 0 Å². The van der Waals surface area contributed by atoms with Gasteiger partial charge < -0.3 is 5.32 Å². The van der Waals surface area contributed by atoms with Crippen molar-refractivity contribution in [3.8, 4) is 11.3 Å². The number of nitrogens with one attached hydrogen (secondary N) is 1. The van der Waals surface area contributed by atoms with E-state index in [1.165, 1.54) is 12.1 Å². The maximum atomic E-state index is 13.5. The molecule has 0 unspecified atom stereocenters. The van der Waals surface area contributed by atoms with Crippen LogP contribution in [0.25, 0.3) is 16.9 Å². The smallest absolute Gasteiger partial charge is 0.160 e. The molecule has 0 aliphatic heterocycles.